The number of aromatic nitrogens is 1. The number of pyridine rings is 1. The van der Waals surface area contributed by atoms with E-state index in [1.165, 1.54) is 12.0 Å². The lowest BCUT2D eigenvalue weighted by Gasteiger charge is -2.37. The monoisotopic (exact) mass is 262 g/mol. The minimum Gasteiger partial charge on any atom is -0.293 e. The van der Waals surface area contributed by atoms with Crippen LogP contribution in [0, 0.1) is 12.3 Å². The molecule has 0 saturated carbocycles. The first-order chi connectivity index (χ1) is 8.58. The summed E-state index contributed by atoms with van der Waals surface area (Å²) in [7, 11) is 0. The van der Waals surface area contributed by atoms with Gasteiger partial charge in [-0.2, -0.15) is 0 Å². The molecule has 0 unspecified atom stereocenters. The Morgan fingerprint density at radius 3 is 2.11 bits per heavy atom. The molecule has 1 aromatic rings. The topological polar surface area (TPSA) is 16.1 Å². The van der Waals surface area contributed by atoms with Crippen molar-refractivity contribution < 1.29 is 0 Å². The highest BCUT2D eigenvalue weighted by atomic mass is 15.2. The summed E-state index contributed by atoms with van der Waals surface area (Å²) in [6, 6.07) is 4.29. The van der Waals surface area contributed by atoms with Crippen molar-refractivity contribution in [3.05, 3.63) is 29.6 Å². The minimum absolute atomic E-state index is 0.178. The van der Waals surface area contributed by atoms with E-state index in [0.29, 0.717) is 5.41 Å². The molecule has 108 valence electrons. The summed E-state index contributed by atoms with van der Waals surface area (Å²) < 4.78 is 0. The zero-order chi connectivity index (χ0) is 14.7. The second kappa shape index (κ2) is 6.04. The smallest absolute Gasteiger partial charge is 0.0544 e. The third-order valence-corrected chi connectivity index (χ3v) is 3.41. The van der Waals surface area contributed by atoms with Crippen LogP contribution in [0.5, 0.6) is 0 Å². The van der Waals surface area contributed by atoms with Crippen LogP contribution < -0.4 is 0 Å². The maximum Gasteiger partial charge on any atom is 0.0544 e. The van der Waals surface area contributed by atoms with Gasteiger partial charge in [-0.05, 0) is 57.7 Å². The average molecular weight is 262 g/mol. The molecule has 0 amide bonds. The standard InChI is InChI=1S/C17H30N2/c1-14-8-9-15(18-12-14)13-19(17(5,6)7)11-10-16(2,3)4/h8-9,12H,10-11,13H2,1-7H3. The summed E-state index contributed by atoms with van der Waals surface area (Å²) in [4.78, 5) is 7.06. The zero-order valence-corrected chi connectivity index (χ0v) is 13.7. The van der Waals surface area contributed by atoms with E-state index in [4.69, 9.17) is 0 Å². The van der Waals surface area contributed by atoms with Crippen molar-refractivity contribution >= 4 is 0 Å². The normalized spacial score (nSPS) is 13.1. The second-order valence-electron chi connectivity index (χ2n) is 7.73. The lowest BCUT2D eigenvalue weighted by molar-refractivity contribution is 0.109. The van der Waals surface area contributed by atoms with Crippen LogP contribution in [0.3, 0.4) is 0 Å². The lowest BCUT2D eigenvalue weighted by atomic mass is 9.91. The van der Waals surface area contributed by atoms with Crippen LogP contribution >= 0.6 is 0 Å². The molecule has 2 heteroatoms. The number of hydrogen-bond donors (Lipinski definition) is 0. The molecule has 0 aliphatic rings. The van der Waals surface area contributed by atoms with Crippen LogP contribution in [0.4, 0.5) is 0 Å². The van der Waals surface area contributed by atoms with E-state index in [1.54, 1.807) is 0 Å². The predicted molar refractivity (Wildman–Crippen MR) is 83.2 cm³/mol. The highest BCUT2D eigenvalue weighted by molar-refractivity contribution is 5.12. The van der Waals surface area contributed by atoms with E-state index in [9.17, 15) is 0 Å². The van der Waals surface area contributed by atoms with E-state index < -0.39 is 0 Å². The van der Waals surface area contributed by atoms with E-state index in [0.717, 1.165) is 18.8 Å². The quantitative estimate of drug-likeness (QED) is 0.798. The molecule has 1 rings (SSSR count). The molecule has 0 saturated heterocycles. The van der Waals surface area contributed by atoms with Crippen LogP contribution in [0.25, 0.3) is 0 Å². The molecule has 19 heavy (non-hydrogen) atoms. The molecule has 1 heterocycles. The minimum atomic E-state index is 0.178. The Balaban J connectivity index is 2.73. The SMILES string of the molecule is Cc1ccc(CN(CCC(C)(C)C)C(C)(C)C)nc1. The third kappa shape index (κ3) is 6.20. The van der Waals surface area contributed by atoms with Gasteiger partial charge in [-0.15, -0.1) is 0 Å². The fraction of sp³-hybridized carbons (Fsp3) is 0.706. The van der Waals surface area contributed by atoms with Gasteiger partial charge < -0.3 is 0 Å². The largest absolute Gasteiger partial charge is 0.293 e. The van der Waals surface area contributed by atoms with Crippen molar-refractivity contribution in [3.8, 4) is 0 Å². The number of hydrogen-bond acceptors (Lipinski definition) is 2. The fourth-order valence-corrected chi connectivity index (χ4v) is 1.91. The first kappa shape index (κ1) is 16.2. The summed E-state index contributed by atoms with van der Waals surface area (Å²) in [6.45, 7) is 17.9. The molecule has 0 radical (unpaired) electrons. The number of rotatable bonds is 4. The molecular weight excluding hydrogens is 232 g/mol. The van der Waals surface area contributed by atoms with E-state index >= 15 is 0 Å². The molecule has 0 bridgehead atoms. The lowest BCUT2D eigenvalue weighted by Crippen LogP contribution is -2.42. The average Bonchev–Trinajstić information content (AvgIpc) is 2.23. The molecule has 0 aliphatic carbocycles. The predicted octanol–water partition coefficient (Wildman–Crippen LogP) is 4.43. The summed E-state index contributed by atoms with van der Waals surface area (Å²) in [5.74, 6) is 0. The van der Waals surface area contributed by atoms with Gasteiger partial charge in [-0.1, -0.05) is 26.8 Å². The van der Waals surface area contributed by atoms with Crippen molar-refractivity contribution in [2.45, 2.75) is 67.0 Å². The van der Waals surface area contributed by atoms with Crippen LogP contribution in [0.15, 0.2) is 18.3 Å². The highest BCUT2D eigenvalue weighted by Gasteiger charge is 2.23. The molecule has 1 aromatic heterocycles. The summed E-state index contributed by atoms with van der Waals surface area (Å²) in [6.07, 6.45) is 3.16. The molecule has 2 nitrogen and oxygen atoms in total. The van der Waals surface area contributed by atoms with Gasteiger partial charge in [0, 0.05) is 18.3 Å². The van der Waals surface area contributed by atoms with Crippen LogP contribution in [0.2, 0.25) is 0 Å². The second-order valence-corrected chi connectivity index (χ2v) is 7.73. The van der Waals surface area contributed by atoms with Gasteiger partial charge in [0.2, 0.25) is 0 Å². The Labute approximate surface area is 119 Å². The number of nitrogens with zero attached hydrogens (tertiary/aromatic N) is 2. The molecule has 0 aromatic carbocycles. The molecule has 0 spiro atoms. The summed E-state index contributed by atoms with van der Waals surface area (Å²) in [5, 5.41) is 0. The van der Waals surface area contributed by atoms with Crippen LogP contribution in [-0.2, 0) is 6.54 Å². The first-order valence-electron chi connectivity index (χ1n) is 7.24. The van der Waals surface area contributed by atoms with E-state index in [2.05, 4.69) is 70.5 Å². The Hall–Kier alpha value is -0.890. The van der Waals surface area contributed by atoms with Crippen molar-refractivity contribution in [2.24, 2.45) is 5.41 Å². The van der Waals surface area contributed by atoms with E-state index in [-0.39, 0.29) is 5.54 Å². The van der Waals surface area contributed by atoms with Crippen molar-refractivity contribution in [1.29, 1.82) is 0 Å². The van der Waals surface area contributed by atoms with Crippen LogP contribution in [-0.4, -0.2) is 22.0 Å². The Bertz CT molecular complexity index is 379. The first-order valence-corrected chi connectivity index (χ1v) is 7.24. The maximum atomic E-state index is 4.53. The summed E-state index contributed by atoms with van der Waals surface area (Å²) >= 11 is 0. The molecule has 0 N–H and O–H groups in total. The maximum absolute atomic E-state index is 4.53. The van der Waals surface area contributed by atoms with Crippen molar-refractivity contribution in [1.82, 2.24) is 9.88 Å². The van der Waals surface area contributed by atoms with Gasteiger partial charge in [0.15, 0.2) is 0 Å². The molecular formula is C17H30N2. The van der Waals surface area contributed by atoms with Gasteiger partial charge in [0.25, 0.3) is 0 Å². The third-order valence-electron chi connectivity index (χ3n) is 3.41. The van der Waals surface area contributed by atoms with E-state index in [1.807, 2.05) is 6.20 Å². The Morgan fingerprint density at radius 1 is 1.05 bits per heavy atom. The Kier molecular flexibility index (Phi) is 5.14. The number of aryl methyl sites for hydroxylation is 1. The van der Waals surface area contributed by atoms with Gasteiger partial charge >= 0.3 is 0 Å². The van der Waals surface area contributed by atoms with Crippen molar-refractivity contribution in [2.75, 3.05) is 6.54 Å². The van der Waals surface area contributed by atoms with Crippen LogP contribution in [0.1, 0.15) is 59.2 Å². The molecule has 0 atom stereocenters. The molecule has 0 fully saturated rings. The summed E-state index contributed by atoms with van der Waals surface area (Å²) in [5.41, 5.74) is 2.94. The van der Waals surface area contributed by atoms with Crippen molar-refractivity contribution in [3.63, 3.8) is 0 Å². The van der Waals surface area contributed by atoms with Gasteiger partial charge in [0.1, 0.15) is 0 Å². The van der Waals surface area contributed by atoms with Gasteiger partial charge in [0.05, 0.1) is 5.69 Å². The fourth-order valence-electron chi connectivity index (χ4n) is 1.91. The Morgan fingerprint density at radius 2 is 1.68 bits per heavy atom. The van der Waals surface area contributed by atoms with Gasteiger partial charge in [-0.3, -0.25) is 9.88 Å². The zero-order valence-electron chi connectivity index (χ0n) is 13.7. The molecule has 0 aliphatic heterocycles. The van der Waals surface area contributed by atoms with Gasteiger partial charge in [-0.25, -0.2) is 0 Å². The highest BCUT2D eigenvalue weighted by Crippen LogP contribution is 2.23.